The predicted octanol–water partition coefficient (Wildman–Crippen LogP) is 5.21. The van der Waals surface area contributed by atoms with Gasteiger partial charge in [-0.2, -0.15) is 0 Å². The van der Waals surface area contributed by atoms with Gasteiger partial charge in [0.05, 0.1) is 0 Å². The van der Waals surface area contributed by atoms with Gasteiger partial charge in [0.25, 0.3) is 0 Å². The molecule has 0 fully saturated rings. The van der Waals surface area contributed by atoms with Crippen molar-refractivity contribution < 1.29 is 17.4 Å². The molecule has 0 unspecified atom stereocenters. The first-order valence-corrected chi connectivity index (χ1v) is 21.8. The van der Waals surface area contributed by atoms with Crippen molar-refractivity contribution in [3.63, 3.8) is 0 Å². The molecule has 0 nitrogen and oxygen atoms in total. The third kappa shape index (κ3) is 3.21. The van der Waals surface area contributed by atoms with E-state index in [1.807, 2.05) is 0 Å². The molecule has 0 amide bonds. The van der Waals surface area contributed by atoms with Crippen LogP contribution < -0.4 is 3.27 Å². The molecule has 0 radical (unpaired) electrons. The first-order valence-electron chi connectivity index (χ1n) is 8.52. The molecule has 2 aliphatic carbocycles. The molecule has 0 heterocycles. The van der Waals surface area contributed by atoms with E-state index in [4.69, 9.17) is 0 Å². The van der Waals surface area contributed by atoms with Gasteiger partial charge in [0, 0.05) is 0 Å². The minimum Gasteiger partial charge on any atom is -0.147 e. The molecule has 4 rings (SSSR count). The second kappa shape index (κ2) is 6.97. The van der Waals surface area contributed by atoms with E-state index < -0.39 is 17.4 Å². The molecule has 25 heavy (non-hydrogen) atoms. The molecule has 2 aromatic carbocycles. The monoisotopic (exact) mass is 466 g/mol. The zero-order chi connectivity index (χ0) is 16.3. The number of fused-ring (bicyclic) bond motifs is 3. The summed E-state index contributed by atoms with van der Waals surface area (Å²) in [6, 6.07) is 13.8. The van der Waals surface area contributed by atoms with Gasteiger partial charge in [0.2, 0.25) is 0 Å². The number of benzene rings is 2. The van der Waals surface area contributed by atoms with Gasteiger partial charge in [-0.3, -0.25) is 0 Å². The van der Waals surface area contributed by atoms with Crippen LogP contribution in [0.4, 0.5) is 0 Å². The second-order valence-electron chi connectivity index (χ2n) is 8.13. The van der Waals surface area contributed by atoms with Crippen LogP contribution in [0.2, 0.25) is 9.26 Å². The van der Waals surface area contributed by atoms with Crippen molar-refractivity contribution in [2.45, 2.75) is 29.0 Å². The molecule has 0 N–H and O–H groups in total. The first kappa shape index (κ1) is 20.9. The Hall–Kier alpha value is -0.400. The van der Waals surface area contributed by atoms with E-state index in [2.05, 4.69) is 77.7 Å². The molecule has 0 aliphatic heterocycles. The summed E-state index contributed by atoms with van der Waals surface area (Å²) in [6.45, 7) is 4.62. The van der Waals surface area contributed by atoms with Crippen LogP contribution in [-0.4, -0.2) is 6.88 Å². The minimum atomic E-state index is -3.06. The number of hydrogen-bond donors (Lipinski definition) is 0. The smallest absolute Gasteiger partial charge is 0.147 e. The van der Waals surface area contributed by atoms with Gasteiger partial charge >= 0.3 is 142 Å². The van der Waals surface area contributed by atoms with Crippen molar-refractivity contribution >= 4 is 35.0 Å². The summed E-state index contributed by atoms with van der Waals surface area (Å²) in [7, 11) is 0. The summed E-state index contributed by atoms with van der Waals surface area (Å²) in [5.74, 6) is 0. The Bertz CT molecular complexity index is 964. The van der Waals surface area contributed by atoms with Crippen LogP contribution in [-0.2, 0) is 23.8 Å². The fourth-order valence-corrected chi connectivity index (χ4v) is 16.6. The molecule has 0 atom stereocenters. The largest absolute Gasteiger partial charge is 0.147 e. The van der Waals surface area contributed by atoms with Gasteiger partial charge in [0.15, 0.2) is 0 Å². The van der Waals surface area contributed by atoms with Crippen molar-refractivity contribution in [3.8, 4) is 11.1 Å². The van der Waals surface area contributed by atoms with Gasteiger partial charge in [-0.05, 0) is 0 Å². The summed E-state index contributed by atoms with van der Waals surface area (Å²) in [5.41, 5.74) is 7.56. The van der Waals surface area contributed by atoms with E-state index in [0.29, 0.717) is 0 Å². The fourth-order valence-electron chi connectivity index (χ4n) is 4.40. The zero-order valence-electron chi connectivity index (χ0n) is 15.1. The number of allylic oxidation sites excluding steroid dienone is 4. The Kier molecular flexibility index (Phi) is 5.82. The molecule has 0 aromatic heterocycles. The minimum absolute atomic E-state index is 0. The topological polar surface area (TPSA) is 0 Å². The maximum atomic E-state index is 2.62. The van der Waals surface area contributed by atoms with E-state index in [1.165, 1.54) is 22.3 Å². The normalized spacial score (nSPS) is 15.0. The molecular weight excluding hydrogens is 442 g/mol. The molecule has 2 aromatic rings. The van der Waals surface area contributed by atoms with Crippen molar-refractivity contribution in [2.24, 2.45) is 0 Å². The van der Waals surface area contributed by atoms with E-state index in [0.717, 1.165) is 12.8 Å². The molecule has 0 saturated heterocycles. The average Bonchev–Trinajstić information content (AvgIpc) is 3.15. The molecule has 0 saturated carbocycles. The van der Waals surface area contributed by atoms with Gasteiger partial charge in [0.1, 0.15) is 0 Å². The maximum Gasteiger partial charge on any atom is -0.147 e. The summed E-state index contributed by atoms with van der Waals surface area (Å²) >= 11 is -3.06. The maximum absolute atomic E-state index is 3.06. The Balaban J connectivity index is 0.00000113. The zero-order valence-corrected chi connectivity index (χ0v) is 20.6. The van der Waals surface area contributed by atoms with Crippen molar-refractivity contribution in [1.29, 1.82) is 0 Å². The van der Waals surface area contributed by atoms with E-state index >= 15 is 0 Å². The van der Waals surface area contributed by atoms with E-state index in [1.54, 1.807) is 12.1 Å². The molecule has 4 heteroatoms. The Morgan fingerprint density at radius 2 is 1.72 bits per heavy atom. The van der Waals surface area contributed by atoms with Crippen LogP contribution in [0.25, 0.3) is 11.1 Å². The number of aryl methyl sites for hydroxylation is 1. The molecule has 0 spiro atoms. The van der Waals surface area contributed by atoms with Crippen LogP contribution >= 0.6 is 24.8 Å². The summed E-state index contributed by atoms with van der Waals surface area (Å²) in [4.78, 5) is 0. The quantitative estimate of drug-likeness (QED) is 0.453. The van der Waals surface area contributed by atoms with Crippen LogP contribution in [0.15, 0.2) is 57.9 Å². The van der Waals surface area contributed by atoms with Crippen molar-refractivity contribution in [1.82, 2.24) is 0 Å². The Morgan fingerprint density at radius 1 is 1.00 bits per heavy atom. The van der Waals surface area contributed by atoms with Crippen LogP contribution in [0.1, 0.15) is 23.1 Å². The number of hydrogen-bond acceptors (Lipinski definition) is 0. The third-order valence-electron chi connectivity index (χ3n) is 5.84. The van der Waals surface area contributed by atoms with Crippen LogP contribution in [0.5, 0.6) is 0 Å². The number of rotatable bonds is 2. The first-order chi connectivity index (χ1) is 10.9. The predicted molar refractivity (Wildman–Crippen MR) is 116 cm³/mol. The number of halogens is 2. The fraction of sp³-hybridized carbons (Fsp3) is 0.238. The van der Waals surface area contributed by atoms with Crippen LogP contribution in [0, 0.1) is 6.92 Å². The van der Waals surface area contributed by atoms with Gasteiger partial charge < -0.3 is 0 Å². The SMILES string of the molecule is Cc1cc[c]([Zr]([CH3])([CH3])(=[SiH2])[C]2=CC=CC2)c2c1-c1ccccc1C2.Cl.Cl. The molecule has 132 valence electrons. The van der Waals surface area contributed by atoms with Gasteiger partial charge in [-0.1, -0.05) is 0 Å². The molecular formula is C21H26Cl2SiZr. The second-order valence-corrected chi connectivity index (χ2v) is 36.8. The molecule has 2 aliphatic rings. The summed E-state index contributed by atoms with van der Waals surface area (Å²) < 4.78 is 8.67. The van der Waals surface area contributed by atoms with E-state index in [9.17, 15) is 0 Å². The average molecular weight is 469 g/mol. The Labute approximate surface area is 166 Å². The molecule has 0 bridgehead atoms. The van der Waals surface area contributed by atoms with Crippen molar-refractivity contribution in [2.75, 3.05) is 0 Å². The standard InChI is InChI=1S/C14H11.C5H5.2CH3.2ClH.H2Si.Zr/c1-10-5-4-7-12-9-11-6-2-3-8-13(11)14(10)12;1-2-4-5-3-1;;;;;;/h2-6,8H,9H2,1H3;1-3H,4H2;2*1H3;2*1H;1H2;. The van der Waals surface area contributed by atoms with Crippen LogP contribution in [0.3, 0.4) is 0 Å². The van der Waals surface area contributed by atoms with Gasteiger partial charge in [-0.15, -0.1) is 24.8 Å². The van der Waals surface area contributed by atoms with E-state index in [-0.39, 0.29) is 24.8 Å². The van der Waals surface area contributed by atoms with Gasteiger partial charge in [-0.25, -0.2) is 0 Å². The third-order valence-corrected chi connectivity index (χ3v) is 22.2. The van der Waals surface area contributed by atoms with Crippen molar-refractivity contribution in [3.05, 3.63) is 74.6 Å². The Morgan fingerprint density at radius 3 is 2.40 bits per heavy atom. The summed E-state index contributed by atoms with van der Waals surface area (Å²) in [6.07, 6.45) is 9.27. The summed E-state index contributed by atoms with van der Waals surface area (Å²) in [5, 5.41) is 0.